The first-order valence-corrected chi connectivity index (χ1v) is 13.2. The molecule has 3 aromatic rings. The van der Waals surface area contributed by atoms with Crippen molar-refractivity contribution in [1.82, 2.24) is 9.71 Å². The molecule has 1 unspecified atom stereocenters. The Balaban J connectivity index is 1.41. The molecule has 3 heterocycles. The molecule has 0 amide bonds. The molecule has 2 aromatic heterocycles. The fourth-order valence-electron chi connectivity index (χ4n) is 3.04. The van der Waals surface area contributed by atoms with Gasteiger partial charge in [-0.25, -0.2) is 22.9 Å². The van der Waals surface area contributed by atoms with Gasteiger partial charge in [0.25, 0.3) is 0 Å². The molecule has 7 nitrogen and oxygen atoms in total. The zero-order valence-electron chi connectivity index (χ0n) is 16.2. The number of thiophene rings is 1. The number of rotatable bonds is 8. The summed E-state index contributed by atoms with van der Waals surface area (Å²) >= 11 is 9.15. The third-order valence-corrected chi connectivity index (χ3v) is 8.18. The van der Waals surface area contributed by atoms with Crippen molar-refractivity contribution >= 4 is 50.3 Å². The molecule has 0 radical (unpaired) electrons. The van der Waals surface area contributed by atoms with Crippen LogP contribution in [0.3, 0.4) is 0 Å². The van der Waals surface area contributed by atoms with E-state index in [1.807, 2.05) is 22.2 Å². The Hall–Kier alpha value is -1.82. The van der Waals surface area contributed by atoms with E-state index in [1.54, 1.807) is 11.3 Å². The maximum Gasteiger partial charge on any atom is 0.338 e. The molecule has 1 N–H and O–H groups in total. The van der Waals surface area contributed by atoms with E-state index in [1.165, 1.54) is 29.5 Å². The average Bonchev–Trinajstić information content (AvgIpc) is 3.53. The van der Waals surface area contributed by atoms with Crippen LogP contribution in [0.15, 0.2) is 45.3 Å². The van der Waals surface area contributed by atoms with E-state index in [-0.39, 0.29) is 34.7 Å². The van der Waals surface area contributed by atoms with Crippen molar-refractivity contribution in [2.24, 2.45) is 0 Å². The third kappa shape index (κ3) is 5.51. The molecule has 0 aliphatic carbocycles. The number of esters is 1. The quantitative estimate of drug-likeness (QED) is 0.464. The predicted molar refractivity (Wildman–Crippen MR) is 120 cm³/mol. The van der Waals surface area contributed by atoms with Crippen LogP contribution in [-0.2, 0) is 26.1 Å². The fourth-order valence-corrected chi connectivity index (χ4v) is 6.14. The number of carbonyl (C=O) groups excluding carboxylic acids is 1. The molecule has 0 saturated carbocycles. The van der Waals surface area contributed by atoms with Crippen molar-refractivity contribution in [1.29, 1.82) is 0 Å². The number of thiazole rings is 1. The molecular formula is C20H19ClN2O5S3. The molecular weight excluding hydrogens is 480 g/mol. The molecule has 0 spiro atoms. The summed E-state index contributed by atoms with van der Waals surface area (Å²) in [5.74, 6) is -0.655. The summed E-state index contributed by atoms with van der Waals surface area (Å²) in [7, 11) is -3.90. The highest BCUT2D eigenvalue weighted by molar-refractivity contribution is 7.89. The lowest BCUT2D eigenvalue weighted by molar-refractivity contribution is 0.0468. The Bertz CT molecular complexity index is 1160. The number of aromatic nitrogens is 1. The summed E-state index contributed by atoms with van der Waals surface area (Å²) in [6.07, 6.45) is 1.55. The highest BCUT2D eigenvalue weighted by Crippen LogP contribution is 2.27. The number of benzene rings is 1. The van der Waals surface area contributed by atoms with E-state index in [2.05, 4.69) is 9.71 Å². The summed E-state index contributed by atoms with van der Waals surface area (Å²) in [6.45, 7) is 0.771. The summed E-state index contributed by atoms with van der Waals surface area (Å²) in [5.41, 5.74) is 1.74. The van der Waals surface area contributed by atoms with Crippen LogP contribution < -0.4 is 4.72 Å². The van der Waals surface area contributed by atoms with Gasteiger partial charge in [-0.05, 0) is 42.5 Å². The Morgan fingerprint density at radius 3 is 2.94 bits per heavy atom. The van der Waals surface area contributed by atoms with Crippen molar-refractivity contribution in [2.75, 3.05) is 13.2 Å². The van der Waals surface area contributed by atoms with Crippen LogP contribution in [0.25, 0.3) is 10.6 Å². The molecule has 0 bridgehead atoms. The fraction of sp³-hybridized carbons (Fsp3) is 0.300. The first kappa shape index (κ1) is 22.4. The summed E-state index contributed by atoms with van der Waals surface area (Å²) in [6, 6.07) is 6.00. The summed E-state index contributed by atoms with van der Waals surface area (Å²) < 4.78 is 38.6. The lowest BCUT2D eigenvalue weighted by Gasteiger charge is -2.13. The molecule has 31 heavy (non-hydrogen) atoms. The highest BCUT2D eigenvalue weighted by atomic mass is 35.5. The minimum absolute atomic E-state index is 0.0125. The number of sulfonamides is 1. The number of nitrogens with one attached hydrogen (secondary N) is 1. The van der Waals surface area contributed by atoms with Gasteiger partial charge < -0.3 is 9.47 Å². The van der Waals surface area contributed by atoms with Crippen LogP contribution in [-0.4, -0.2) is 38.6 Å². The Morgan fingerprint density at radius 2 is 2.19 bits per heavy atom. The zero-order chi connectivity index (χ0) is 21.8. The van der Waals surface area contributed by atoms with Gasteiger partial charge in [-0.1, -0.05) is 11.6 Å². The molecule has 164 valence electrons. The zero-order valence-corrected chi connectivity index (χ0v) is 19.5. The second-order valence-electron chi connectivity index (χ2n) is 6.86. The van der Waals surface area contributed by atoms with Crippen molar-refractivity contribution in [3.8, 4) is 10.6 Å². The summed E-state index contributed by atoms with van der Waals surface area (Å²) in [4.78, 5) is 16.8. The van der Waals surface area contributed by atoms with E-state index in [4.69, 9.17) is 21.1 Å². The van der Waals surface area contributed by atoms with E-state index in [9.17, 15) is 13.2 Å². The van der Waals surface area contributed by atoms with Crippen LogP contribution in [0.2, 0.25) is 5.02 Å². The SMILES string of the molecule is O=C(OCc1csc(-c2ccsc2)n1)c1ccc(Cl)c(S(=O)(=O)NCC2CCCO2)c1. The average molecular weight is 499 g/mol. The van der Waals surface area contributed by atoms with Crippen molar-refractivity contribution in [2.45, 2.75) is 30.4 Å². The number of ether oxygens (including phenoxy) is 2. The molecule has 1 aliphatic heterocycles. The molecule has 1 aliphatic rings. The smallest absolute Gasteiger partial charge is 0.338 e. The van der Waals surface area contributed by atoms with E-state index >= 15 is 0 Å². The maximum absolute atomic E-state index is 12.7. The third-order valence-electron chi connectivity index (χ3n) is 4.65. The maximum atomic E-state index is 12.7. The second-order valence-corrected chi connectivity index (χ2v) is 10.6. The molecule has 1 aromatic carbocycles. The minimum Gasteiger partial charge on any atom is -0.456 e. The van der Waals surface area contributed by atoms with E-state index in [0.29, 0.717) is 12.3 Å². The van der Waals surface area contributed by atoms with Gasteiger partial charge in [0.1, 0.15) is 16.5 Å². The Morgan fingerprint density at radius 1 is 1.32 bits per heavy atom. The monoisotopic (exact) mass is 498 g/mol. The van der Waals surface area contributed by atoms with Gasteiger partial charge in [-0.2, -0.15) is 11.3 Å². The molecule has 11 heteroatoms. The van der Waals surface area contributed by atoms with Gasteiger partial charge in [0.2, 0.25) is 10.0 Å². The largest absolute Gasteiger partial charge is 0.456 e. The van der Waals surface area contributed by atoms with E-state index in [0.717, 1.165) is 23.4 Å². The Labute approximate surface area is 193 Å². The van der Waals surface area contributed by atoms with Gasteiger partial charge in [0.15, 0.2) is 0 Å². The first-order valence-electron chi connectivity index (χ1n) is 9.47. The number of carbonyl (C=O) groups is 1. The van der Waals surface area contributed by atoms with Crippen LogP contribution in [0.4, 0.5) is 0 Å². The topological polar surface area (TPSA) is 94.6 Å². The van der Waals surface area contributed by atoms with Gasteiger partial charge in [0, 0.05) is 29.5 Å². The van der Waals surface area contributed by atoms with Gasteiger partial charge >= 0.3 is 5.97 Å². The highest BCUT2D eigenvalue weighted by Gasteiger charge is 2.24. The normalized spacial score (nSPS) is 16.5. The van der Waals surface area contributed by atoms with Crippen molar-refractivity contribution in [3.05, 3.63) is 56.7 Å². The predicted octanol–water partition coefficient (Wildman–Crippen LogP) is 4.34. The lowest BCUT2D eigenvalue weighted by Crippen LogP contribution is -2.32. The first-order chi connectivity index (χ1) is 14.9. The molecule has 1 fully saturated rings. The minimum atomic E-state index is -3.90. The van der Waals surface area contributed by atoms with Crippen LogP contribution >= 0.6 is 34.3 Å². The number of hydrogen-bond acceptors (Lipinski definition) is 8. The molecule has 1 atom stereocenters. The van der Waals surface area contributed by atoms with Crippen LogP contribution in [0.1, 0.15) is 28.9 Å². The van der Waals surface area contributed by atoms with Gasteiger partial charge in [-0.15, -0.1) is 11.3 Å². The van der Waals surface area contributed by atoms with E-state index < -0.39 is 16.0 Å². The molecule has 1 saturated heterocycles. The second kappa shape index (κ2) is 9.76. The van der Waals surface area contributed by atoms with Crippen molar-refractivity contribution in [3.63, 3.8) is 0 Å². The lowest BCUT2D eigenvalue weighted by atomic mass is 10.2. The number of nitrogens with zero attached hydrogens (tertiary/aromatic N) is 1. The van der Waals surface area contributed by atoms with Crippen LogP contribution in [0.5, 0.6) is 0 Å². The van der Waals surface area contributed by atoms with Gasteiger partial charge in [-0.3, -0.25) is 0 Å². The Kier molecular flexibility index (Phi) is 7.05. The number of hydrogen-bond donors (Lipinski definition) is 1. The standard InChI is InChI=1S/C20H19ClN2O5S3/c21-17-4-3-13(8-18(17)31(25,26)22-9-16-2-1-6-27-16)20(24)28-10-15-12-30-19(23-15)14-5-7-29-11-14/h3-5,7-8,11-12,16,22H,1-2,6,9-10H2. The summed E-state index contributed by atoms with van der Waals surface area (Å²) in [5, 5.41) is 6.67. The van der Waals surface area contributed by atoms with Gasteiger partial charge in [0.05, 0.1) is 22.4 Å². The van der Waals surface area contributed by atoms with Crippen LogP contribution in [0, 0.1) is 0 Å². The van der Waals surface area contributed by atoms with Crippen molar-refractivity contribution < 1.29 is 22.7 Å². The molecule has 4 rings (SSSR count). The number of halogens is 1.